The number of esters is 1. The molecule has 2 aromatic rings. The zero-order valence-corrected chi connectivity index (χ0v) is 14.6. The van der Waals surface area contributed by atoms with E-state index in [-0.39, 0.29) is 5.97 Å². The Morgan fingerprint density at radius 1 is 1.10 bits per heavy atom. The molecule has 0 radical (unpaired) electrons. The van der Waals surface area contributed by atoms with Gasteiger partial charge in [0.15, 0.2) is 0 Å². The summed E-state index contributed by atoms with van der Waals surface area (Å²) in [7, 11) is 0. The third kappa shape index (κ3) is 4.08. The first-order valence-corrected chi connectivity index (χ1v) is 8.04. The Morgan fingerprint density at radius 2 is 1.81 bits per heavy atom. The predicted octanol–water partition coefficient (Wildman–Crippen LogP) is 4.97. The summed E-state index contributed by atoms with van der Waals surface area (Å²) in [5.74, 6) is 0.214. The summed E-state index contributed by atoms with van der Waals surface area (Å²) in [5.41, 5.74) is 1.50. The molecule has 110 valence electrons. The fraction of sp³-hybridized carbons (Fsp3) is 0.188. The first-order chi connectivity index (χ1) is 10.1. The minimum absolute atomic E-state index is 0.335. The molecule has 0 N–H and O–H groups in total. The van der Waals surface area contributed by atoms with Crippen LogP contribution in [-0.2, 0) is 11.3 Å². The fourth-order valence-electron chi connectivity index (χ4n) is 1.76. The number of ether oxygens (including phenoxy) is 2. The van der Waals surface area contributed by atoms with Gasteiger partial charge in [0, 0.05) is 0 Å². The highest BCUT2D eigenvalue weighted by atomic mass is 79.9. The van der Waals surface area contributed by atoms with E-state index in [2.05, 4.69) is 31.9 Å². The van der Waals surface area contributed by atoms with Gasteiger partial charge in [0.1, 0.15) is 12.4 Å². The highest BCUT2D eigenvalue weighted by molar-refractivity contribution is 9.11. The van der Waals surface area contributed by atoms with E-state index in [0.717, 1.165) is 10.0 Å². The first kappa shape index (κ1) is 16.0. The molecule has 0 amide bonds. The van der Waals surface area contributed by atoms with Crippen LogP contribution in [0.2, 0.25) is 0 Å². The highest BCUT2D eigenvalue weighted by Gasteiger charge is 2.17. The SMILES string of the molecule is CCOC(=O)c1ccc(Br)c(OCc2ccccc2)c1Br. The van der Waals surface area contributed by atoms with Gasteiger partial charge < -0.3 is 9.47 Å². The maximum atomic E-state index is 11.9. The van der Waals surface area contributed by atoms with Crippen molar-refractivity contribution in [3.05, 3.63) is 62.5 Å². The molecule has 5 heteroatoms. The lowest BCUT2D eigenvalue weighted by Gasteiger charge is -2.13. The second-order valence-electron chi connectivity index (χ2n) is 4.23. The van der Waals surface area contributed by atoms with E-state index in [1.165, 1.54) is 0 Å². The summed E-state index contributed by atoms with van der Waals surface area (Å²) < 4.78 is 12.2. The first-order valence-electron chi connectivity index (χ1n) is 6.45. The normalized spacial score (nSPS) is 10.2. The number of halogens is 2. The minimum Gasteiger partial charge on any atom is -0.487 e. The van der Waals surface area contributed by atoms with Crippen LogP contribution in [0.4, 0.5) is 0 Å². The molecule has 0 atom stereocenters. The molecule has 0 heterocycles. The Kier molecular flexibility index (Phi) is 5.82. The van der Waals surface area contributed by atoms with E-state index in [4.69, 9.17) is 9.47 Å². The number of carbonyl (C=O) groups is 1. The van der Waals surface area contributed by atoms with Crippen molar-refractivity contribution in [2.24, 2.45) is 0 Å². The van der Waals surface area contributed by atoms with E-state index in [0.29, 0.717) is 29.0 Å². The maximum Gasteiger partial charge on any atom is 0.339 e. The lowest BCUT2D eigenvalue weighted by atomic mass is 10.2. The lowest BCUT2D eigenvalue weighted by Crippen LogP contribution is -2.07. The molecule has 0 aliphatic rings. The minimum atomic E-state index is -0.374. The zero-order valence-electron chi connectivity index (χ0n) is 11.4. The Morgan fingerprint density at radius 3 is 2.48 bits per heavy atom. The van der Waals surface area contributed by atoms with Crippen molar-refractivity contribution in [3.8, 4) is 5.75 Å². The van der Waals surface area contributed by atoms with Gasteiger partial charge in [0.2, 0.25) is 0 Å². The van der Waals surface area contributed by atoms with Crippen molar-refractivity contribution < 1.29 is 14.3 Å². The van der Waals surface area contributed by atoms with Crippen molar-refractivity contribution >= 4 is 37.8 Å². The van der Waals surface area contributed by atoms with Gasteiger partial charge in [-0.05, 0) is 56.5 Å². The summed E-state index contributed by atoms with van der Waals surface area (Å²) in [6.45, 7) is 2.53. The summed E-state index contributed by atoms with van der Waals surface area (Å²) in [5, 5.41) is 0. The van der Waals surface area contributed by atoms with Crippen LogP contribution in [0.5, 0.6) is 5.75 Å². The molecule has 0 aromatic heterocycles. The summed E-state index contributed by atoms with van der Waals surface area (Å²) in [6, 6.07) is 13.3. The van der Waals surface area contributed by atoms with Crippen LogP contribution in [0.1, 0.15) is 22.8 Å². The van der Waals surface area contributed by atoms with Gasteiger partial charge in [-0.1, -0.05) is 30.3 Å². The zero-order chi connectivity index (χ0) is 15.2. The quantitative estimate of drug-likeness (QED) is 0.649. The number of benzene rings is 2. The number of hydrogen-bond acceptors (Lipinski definition) is 3. The van der Waals surface area contributed by atoms with Crippen LogP contribution in [0.25, 0.3) is 0 Å². The second-order valence-corrected chi connectivity index (χ2v) is 5.88. The van der Waals surface area contributed by atoms with Crippen molar-refractivity contribution in [1.82, 2.24) is 0 Å². The Bertz CT molecular complexity index is 627. The largest absolute Gasteiger partial charge is 0.487 e. The van der Waals surface area contributed by atoms with Gasteiger partial charge in [-0.3, -0.25) is 0 Å². The van der Waals surface area contributed by atoms with Gasteiger partial charge in [-0.25, -0.2) is 4.79 Å². The van der Waals surface area contributed by atoms with E-state index in [1.807, 2.05) is 30.3 Å². The van der Waals surface area contributed by atoms with Crippen molar-refractivity contribution in [2.45, 2.75) is 13.5 Å². The molecule has 0 spiro atoms. The molecule has 2 rings (SSSR count). The molecular weight excluding hydrogens is 400 g/mol. The molecule has 3 nitrogen and oxygen atoms in total. The standard InChI is InChI=1S/C16H14Br2O3/c1-2-20-16(19)12-8-9-13(17)15(14(12)18)21-10-11-6-4-3-5-7-11/h3-9H,2,10H2,1H3. The summed E-state index contributed by atoms with van der Waals surface area (Å²) in [6.07, 6.45) is 0. The number of carbonyl (C=O) groups excluding carboxylic acids is 1. The molecular formula is C16H14Br2O3. The predicted molar refractivity (Wildman–Crippen MR) is 88.6 cm³/mol. The topological polar surface area (TPSA) is 35.5 Å². The molecule has 2 aromatic carbocycles. The third-order valence-electron chi connectivity index (χ3n) is 2.77. The summed E-state index contributed by atoms with van der Waals surface area (Å²) >= 11 is 6.86. The average molecular weight is 414 g/mol. The molecule has 21 heavy (non-hydrogen) atoms. The summed E-state index contributed by atoms with van der Waals surface area (Å²) in [4.78, 5) is 11.9. The van der Waals surface area contributed by atoms with Crippen molar-refractivity contribution in [2.75, 3.05) is 6.61 Å². The molecule has 0 saturated heterocycles. The lowest BCUT2D eigenvalue weighted by molar-refractivity contribution is 0.0524. The van der Waals surface area contributed by atoms with Crippen molar-refractivity contribution in [3.63, 3.8) is 0 Å². The van der Waals surface area contributed by atoms with Gasteiger partial charge in [0.05, 0.1) is 21.1 Å². The molecule has 0 saturated carbocycles. The second kappa shape index (κ2) is 7.61. The Labute approximate surface area is 140 Å². The van der Waals surface area contributed by atoms with Gasteiger partial charge >= 0.3 is 5.97 Å². The van der Waals surface area contributed by atoms with Gasteiger partial charge in [0.25, 0.3) is 0 Å². The molecule has 0 bridgehead atoms. The monoisotopic (exact) mass is 412 g/mol. The van der Waals surface area contributed by atoms with Crippen LogP contribution in [0.3, 0.4) is 0 Å². The van der Waals surface area contributed by atoms with Gasteiger partial charge in [-0.2, -0.15) is 0 Å². The van der Waals surface area contributed by atoms with Crippen LogP contribution in [0, 0.1) is 0 Å². The van der Waals surface area contributed by atoms with Crippen molar-refractivity contribution in [1.29, 1.82) is 0 Å². The van der Waals surface area contributed by atoms with E-state index in [1.54, 1.807) is 19.1 Å². The molecule has 0 unspecified atom stereocenters. The fourth-order valence-corrected chi connectivity index (χ4v) is 3.09. The number of rotatable bonds is 5. The van der Waals surface area contributed by atoms with Crippen LogP contribution < -0.4 is 4.74 Å². The highest BCUT2D eigenvalue weighted by Crippen LogP contribution is 2.37. The molecule has 0 fully saturated rings. The van der Waals surface area contributed by atoms with E-state index >= 15 is 0 Å². The van der Waals surface area contributed by atoms with Crippen LogP contribution in [-0.4, -0.2) is 12.6 Å². The van der Waals surface area contributed by atoms with E-state index < -0.39 is 0 Å². The number of hydrogen-bond donors (Lipinski definition) is 0. The average Bonchev–Trinajstić information content (AvgIpc) is 2.48. The van der Waals surface area contributed by atoms with Crippen LogP contribution >= 0.6 is 31.9 Å². The van der Waals surface area contributed by atoms with Crippen LogP contribution in [0.15, 0.2) is 51.4 Å². The molecule has 0 aliphatic carbocycles. The Hall–Kier alpha value is -1.33. The smallest absolute Gasteiger partial charge is 0.339 e. The maximum absolute atomic E-state index is 11.9. The van der Waals surface area contributed by atoms with Gasteiger partial charge in [-0.15, -0.1) is 0 Å². The Balaban J connectivity index is 2.22. The third-order valence-corrected chi connectivity index (χ3v) is 4.18. The molecule has 0 aliphatic heterocycles. The van der Waals surface area contributed by atoms with E-state index in [9.17, 15) is 4.79 Å².